The van der Waals surface area contributed by atoms with Gasteiger partial charge < -0.3 is 10.6 Å². The molecule has 0 heterocycles. The zero-order chi connectivity index (χ0) is 16.2. The van der Waals surface area contributed by atoms with Gasteiger partial charge in [0.05, 0.1) is 0 Å². The summed E-state index contributed by atoms with van der Waals surface area (Å²) in [5.41, 5.74) is -1.07. The van der Waals surface area contributed by atoms with E-state index in [1.54, 1.807) is 0 Å². The van der Waals surface area contributed by atoms with Crippen LogP contribution in [0.4, 0.5) is 0 Å². The van der Waals surface area contributed by atoms with E-state index < -0.39 is 0 Å². The third kappa shape index (κ3) is 6.92. The molecule has 0 rings (SSSR count). The van der Waals surface area contributed by atoms with Gasteiger partial charge in [0.15, 0.2) is 0 Å². The second kappa shape index (κ2) is 6.59. The molecule has 0 fully saturated rings. The summed E-state index contributed by atoms with van der Waals surface area (Å²) in [5, 5.41) is 6.04. The average Bonchev–Trinajstić information content (AvgIpc) is 2.11. The van der Waals surface area contributed by atoms with Crippen LogP contribution in [0.2, 0.25) is 0 Å². The van der Waals surface area contributed by atoms with Crippen LogP contribution in [-0.2, 0) is 9.59 Å². The molecule has 0 aliphatic rings. The highest BCUT2D eigenvalue weighted by Crippen LogP contribution is 2.26. The summed E-state index contributed by atoms with van der Waals surface area (Å²) < 4.78 is 0. The predicted octanol–water partition coefficient (Wildman–Crippen LogP) is 3.01. The molecule has 2 N–H and O–H groups in total. The van der Waals surface area contributed by atoms with E-state index in [0.29, 0.717) is 6.42 Å². The molecule has 0 unspecified atom stereocenters. The maximum atomic E-state index is 12.4. The van der Waals surface area contributed by atoms with Crippen LogP contribution in [0.15, 0.2) is 0 Å². The first-order chi connectivity index (χ1) is 8.81. The fourth-order valence-corrected chi connectivity index (χ4v) is 2.88. The molecule has 2 amide bonds. The topological polar surface area (TPSA) is 58.2 Å². The summed E-state index contributed by atoms with van der Waals surface area (Å²) in [4.78, 5) is 23.6. The van der Waals surface area contributed by atoms with Gasteiger partial charge in [-0.05, 0) is 40.5 Å². The van der Waals surface area contributed by atoms with E-state index in [2.05, 4.69) is 17.6 Å². The van der Waals surface area contributed by atoms with Crippen LogP contribution in [0.5, 0.6) is 0 Å². The van der Waals surface area contributed by atoms with E-state index in [9.17, 15) is 9.59 Å². The van der Waals surface area contributed by atoms with Crippen molar-refractivity contribution in [2.45, 2.75) is 85.7 Å². The Morgan fingerprint density at radius 2 is 1.35 bits per heavy atom. The van der Waals surface area contributed by atoms with Gasteiger partial charge in [-0.15, -0.1) is 0 Å². The molecule has 0 saturated carbocycles. The minimum atomic E-state index is -0.367. The number of amides is 2. The van der Waals surface area contributed by atoms with Crippen LogP contribution in [0.25, 0.3) is 0 Å². The molecule has 0 atom stereocenters. The monoisotopic (exact) mass is 284 g/mol. The molecule has 4 heteroatoms. The average molecular weight is 284 g/mol. The number of hydrogen-bond acceptors (Lipinski definition) is 2. The van der Waals surface area contributed by atoms with E-state index in [0.717, 1.165) is 12.8 Å². The largest absolute Gasteiger partial charge is 0.351 e. The first kappa shape index (κ1) is 18.9. The Morgan fingerprint density at radius 3 is 1.75 bits per heavy atom. The molecule has 0 aromatic heterocycles. The molecule has 20 heavy (non-hydrogen) atoms. The molecular weight excluding hydrogens is 252 g/mol. The number of hydrogen-bond donors (Lipinski definition) is 2. The van der Waals surface area contributed by atoms with Gasteiger partial charge in [0.2, 0.25) is 11.8 Å². The van der Waals surface area contributed by atoms with E-state index in [1.807, 2.05) is 41.5 Å². The first-order valence-electron chi connectivity index (χ1n) is 7.43. The Bertz CT molecular complexity index is 357. The Kier molecular flexibility index (Phi) is 6.25. The zero-order valence-electron chi connectivity index (χ0n) is 14.4. The van der Waals surface area contributed by atoms with Crippen LogP contribution in [0.3, 0.4) is 0 Å². The maximum Gasteiger partial charge on any atom is 0.226 e. The number of rotatable bonds is 7. The molecule has 0 aromatic rings. The highest BCUT2D eigenvalue weighted by atomic mass is 16.2. The van der Waals surface area contributed by atoms with E-state index in [1.165, 1.54) is 6.92 Å². The minimum absolute atomic E-state index is 0.0524. The van der Waals surface area contributed by atoms with Crippen LogP contribution >= 0.6 is 0 Å². The van der Waals surface area contributed by atoms with Crippen LogP contribution < -0.4 is 10.6 Å². The summed E-state index contributed by atoms with van der Waals surface area (Å²) in [6.45, 7) is 15.5. The SMILES string of the molecule is CCCC(C)(C)C(=O)NC(C)(C)CC(C)(C)NC(C)=O. The number of nitrogens with one attached hydrogen (secondary N) is 2. The second-order valence-corrected chi connectivity index (χ2v) is 7.71. The van der Waals surface area contributed by atoms with Crippen molar-refractivity contribution in [2.24, 2.45) is 5.41 Å². The van der Waals surface area contributed by atoms with Crippen molar-refractivity contribution in [3.63, 3.8) is 0 Å². The van der Waals surface area contributed by atoms with Gasteiger partial charge in [0.25, 0.3) is 0 Å². The molecule has 0 saturated heterocycles. The third-order valence-corrected chi connectivity index (χ3v) is 3.34. The van der Waals surface area contributed by atoms with Gasteiger partial charge >= 0.3 is 0 Å². The van der Waals surface area contributed by atoms with E-state index >= 15 is 0 Å². The highest BCUT2D eigenvalue weighted by molar-refractivity contribution is 5.82. The summed E-state index contributed by atoms with van der Waals surface area (Å²) >= 11 is 0. The van der Waals surface area contributed by atoms with Gasteiger partial charge in [-0.2, -0.15) is 0 Å². The summed E-state index contributed by atoms with van der Waals surface area (Å²) in [6.07, 6.45) is 2.52. The van der Waals surface area contributed by atoms with Crippen LogP contribution in [-0.4, -0.2) is 22.9 Å². The molecule has 0 aromatic carbocycles. The lowest BCUT2D eigenvalue weighted by Crippen LogP contribution is -2.55. The lowest BCUT2D eigenvalue weighted by atomic mass is 9.83. The fourth-order valence-electron chi connectivity index (χ4n) is 2.88. The predicted molar refractivity (Wildman–Crippen MR) is 83.4 cm³/mol. The Hall–Kier alpha value is -1.06. The molecule has 4 nitrogen and oxygen atoms in total. The standard InChI is InChI=1S/C16H32N2O2/c1-9-10-14(3,4)13(20)18-16(7,8)11-15(5,6)17-12(2)19/h9-11H2,1-8H3,(H,17,19)(H,18,20). The number of carbonyl (C=O) groups is 2. The van der Waals surface area contributed by atoms with Crippen molar-refractivity contribution in [2.75, 3.05) is 0 Å². The smallest absolute Gasteiger partial charge is 0.226 e. The first-order valence-corrected chi connectivity index (χ1v) is 7.43. The van der Waals surface area contributed by atoms with Crippen LogP contribution in [0.1, 0.15) is 74.7 Å². The molecule has 0 bridgehead atoms. The molecule has 118 valence electrons. The van der Waals surface area contributed by atoms with Crippen molar-refractivity contribution in [3.8, 4) is 0 Å². The minimum Gasteiger partial charge on any atom is -0.351 e. The van der Waals surface area contributed by atoms with Crippen molar-refractivity contribution >= 4 is 11.8 Å². The van der Waals surface area contributed by atoms with E-state index in [-0.39, 0.29) is 28.3 Å². The molecule has 0 spiro atoms. The lowest BCUT2D eigenvalue weighted by molar-refractivity contribution is -0.131. The number of carbonyl (C=O) groups excluding carboxylic acids is 2. The normalized spacial score (nSPS) is 13.0. The van der Waals surface area contributed by atoms with E-state index in [4.69, 9.17) is 0 Å². The molecule has 0 radical (unpaired) electrons. The van der Waals surface area contributed by atoms with Crippen molar-refractivity contribution in [3.05, 3.63) is 0 Å². The lowest BCUT2D eigenvalue weighted by Gasteiger charge is -2.38. The van der Waals surface area contributed by atoms with Gasteiger partial charge in [-0.25, -0.2) is 0 Å². The Labute approximate surface area is 124 Å². The summed E-state index contributed by atoms with van der Waals surface area (Å²) in [7, 11) is 0. The van der Waals surface area contributed by atoms with Gasteiger partial charge in [-0.3, -0.25) is 9.59 Å². The molecular formula is C16H32N2O2. The van der Waals surface area contributed by atoms with Crippen molar-refractivity contribution in [1.82, 2.24) is 10.6 Å². The van der Waals surface area contributed by atoms with Crippen LogP contribution in [0, 0.1) is 5.41 Å². The second-order valence-electron chi connectivity index (χ2n) is 7.71. The molecule has 0 aliphatic heterocycles. The Balaban J connectivity index is 4.74. The quantitative estimate of drug-likeness (QED) is 0.755. The highest BCUT2D eigenvalue weighted by Gasteiger charge is 2.34. The molecule has 0 aliphatic carbocycles. The van der Waals surface area contributed by atoms with Crippen molar-refractivity contribution < 1.29 is 9.59 Å². The van der Waals surface area contributed by atoms with Gasteiger partial charge in [-0.1, -0.05) is 27.2 Å². The van der Waals surface area contributed by atoms with Crippen molar-refractivity contribution in [1.29, 1.82) is 0 Å². The van der Waals surface area contributed by atoms with Gasteiger partial charge in [0, 0.05) is 23.4 Å². The van der Waals surface area contributed by atoms with Gasteiger partial charge in [0.1, 0.15) is 0 Å². The summed E-state index contributed by atoms with van der Waals surface area (Å²) in [5.74, 6) is 0.0198. The zero-order valence-corrected chi connectivity index (χ0v) is 14.4. The fraction of sp³-hybridized carbons (Fsp3) is 0.875. The Morgan fingerprint density at radius 1 is 0.900 bits per heavy atom. The maximum absolute atomic E-state index is 12.4. The summed E-state index contributed by atoms with van der Waals surface area (Å²) in [6, 6.07) is 0. The third-order valence-electron chi connectivity index (χ3n) is 3.34.